The number of aromatic hydroxyl groups is 1. The number of nitrogens with one attached hydrogen (secondary N) is 1. The van der Waals surface area contributed by atoms with Crippen molar-refractivity contribution in [3.05, 3.63) is 268 Å². The minimum absolute atomic E-state index is 0.0718. The Morgan fingerprint density at radius 2 is 1.12 bits per heavy atom. The molecule has 11 rings (SSSR count). The number of rotatable bonds is 5. The molecule has 0 bridgehead atoms. The molecule has 0 unspecified atom stereocenters. The van der Waals surface area contributed by atoms with Crippen LogP contribution in [0.25, 0.3) is 21.5 Å². The number of aryl methyl sites for hydroxylation is 12. The van der Waals surface area contributed by atoms with Crippen LogP contribution < -0.4 is 14.8 Å². The van der Waals surface area contributed by atoms with Gasteiger partial charge in [0.2, 0.25) is 11.8 Å². The number of halogens is 3. The molecule has 0 atom stereocenters. The largest absolute Gasteiger partial charge is 0.506 e. The molecular weight excluding hydrogens is 1310 g/mol. The zero-order valence-corrected chi connectivity index (χ0v) is 58.3. The van der Waals surface area contributed by atoms with E-state index >= 15 is 0 Å². The van der Waals surface area contributed by atoms with Crippen molar-refractivity contribution in [2.75, 3.05) is 19.0 Å². The molecule has 0 aliphatic carbocycles. The number of methoxy groups -OCH3 is 1. The molecule has 11 aromatic rings. The number of hydrogen-bond donors (Lipinski definition) is 2. The molecule has 0 saturated carbocycles. The van der Waals surface area contributed by atoms with Gasteiger partial charge in [-0.1, -0.05) is 72.3 Å². The minimum Gasteiger partial charge on any atom is -0.506 e. The number of fused-ring (bicyclic) bond motifs is 2. The molecule has 21 heteroatoms. The van der Waals surface area contributed by atoms with Gasteiger partial charge in [0.25, 0.3) is 5.69 Å². The molecule has 1 amide bonds. The maximum absolute atomic E-state index is 11.1. The topological polar surface area (TPSA) is 251 Å². The average Bonchev–Trinajstić information content (AvgIpc) is 1.46. The van der Waals surface area contributed by atoms with Crippen molar-refractivity contribution in [2.24, 2.45) is 0 Å². The smallest absolute Gasteiger partial charge is 0.290 e. The first-order valence-corrected chi connectivity index (χ1v) is 30.6. The van der Waals surface area contributed by atoms with Crippen LogP contribution in [0.5, 0.6) is 17.4 Å². The number of carbonyl (C=O) groups is 1. The molecular formula is C71H77Br2ClN12O6. The molecule has 2 aromatic carbocycles. The Kier molecular flexibility index (Phi) is 34.0. The Hall–Kier alpha value is -9.68. The summed E-state index contributed by atoms with van der Waals surface area (Å²) in [6, 6.07) is 41.7. The van der Waals surface area contributed by atoms with Crippen molar-refractivity contribution in [2.45, 2.75) is 96.9 Å². The van der Waals surface area contributed by atoms with E-state index in [1.165, 1.54) is 41.1 Å². The van der Waals surface area contributed by atoms with Crippen molar-refractivity contribution < 1.29 is 24.3 Å². The SMILES string of the molecule is CC(=O)Nc1nc(C)c2ccccc2c1C.CCOc1cccnc1C.COc1ncccc1C.Cc1cccnc1Cl.Cc1cnc(C)c(Br)c1.Cc1nc(Br)c2ccccc2c1C.Cc1ncccc1C#N.Cc1ncccc1O.Cc1ncccc1[N+](=O)[O-]. The maximum atomic E-state index is 11.1. The number of hydrogen-bond acceptors (Lipinski definition) is 16. The molecule has 18 nitrogen and oxygen atoms in total. The summed E-state index contributed by atoms with van der Waals surface area (Å²) in [5, 5.41) is 35.6. The van der Waals surface area contributed by atoms with E-state index in [0.29, 0.717) is 40.4 Å². The standard InChI is InChI=1S/C13H14N2O.C11H10BrN.C8H11NO.C7H8BrN.C7H6N2.C7H9NO.C6H6ClN.C6H6N2O2.C6H7NO/c1-8-11-6-4-5-7-12(11)9(2)14-13(8)15-10(3)16;1-7-8(2)13-11(12)10-6-4-3-5-9(7)10;1-3-10-8-5-4-6-9-7(8)2;1-5-3-7(8)6(2)9-4-5;1-6-7(5-8)3-2-4-9-6;1-6-4-3-5-8-7(6)9-2;1-5-3-2-4-8-6(5)7;1-5-6(8(9)10)3-2-4-7-5;1-5-6(8)3-2-4-7-5/h4-7H,1-3H3,(H,14,15,16);3-6H,1-2H3;4-6H,3H2,1-2H3;3-4H,1-2H3;2-4H,1H3;3-5H,1-2H3;2-4H,1H3;2-4H,1H3;2-4,8H,1H3. The third-order valence-electron chi connectivity index (χ3n) is 12.8. The van der Waals surface area contributed by atoms with Crippen LogP contribution in [0.2, 0.25) is 5.15 Å². The number of nitriles is 1. The summed E-state index contributed by atoms with van der Waals surface area (Å²) in [6.45, 7) is 27.2. The van der Waals surface area contributed by atoms with E-state index in [-0.39, 0.29) is 17.3 Å². The summed E-state index contributed by atoms with van der Waals surface area (Å²) >= 11 is 12.5. The maximum Gasteiger partial charge on any atom is 0.290 e. The van der Waals surface area contributed by atoms with Crippen LogP contribution in [0, 0.1) is 105 Å². The lowest BCUT2D eigenvalue weighted by Gasteiger charge is -2.10. The van der Waals surface area contributed by atoms with Gasteiger partial charge in [-0.05, 0) is 216 Å². The number of benzene rings is 2. The molecule has 0 aliphatic rings. The van der Waals surface area contributed by atoms with E-state index in [1.807, 2.05) is 148 Å². The van der Waals surface area contributed by atoms with Crippen LogP contribution in [0.3, 0.4) is 0 Å². The fourth-order valence-electron chi connectivity index (χ4n) is 7.61. The predicted molar refractivity (Wildman–Crippen MR) is 375 cm³/mol. The van der Waals surface area contributed by atoms with Gasteiger partial charge in [-0.2, -0.15) is 5.26 Å². The van der Waals surface area contributed by atoms with Gasteiger partial charge in [0.1, 0.15) is 38.8 Å². The van der Waals surface area contributed by atoms with Crippen molar-refractivity contribution >= 4 is 82.4 Å². The zero-order valence-electron chi connectivity index (χ0n) is 54.4. The summed E-state index contributed by atoms with van der Waals surface area (Å²) in [6.07, 6.45) is 11.9. The lowest BCUT2D eigenvalue weighted by molar-refractivity contribution is -0.385. The fraction of sp³-hybridized carbons (Fsp3) is 0.225. The van der Waals surface area contributed by atoms with Crippen LogP contribution in [-0.4, -0.2) is 74.5 Å². The molecule has 9 heterocycles. The number of carbonyl (C=O) groups excluding carboxylic acids is 1. The first-order valence-electron chi connectivity index (χ1n) is 28.6. The third kappa shape index (κ3) is 26.4. The van der Waals surface area contributed by atoms with Crippen LogP contribution in [0.15, 0.2) is 180 Å². The number of amides is 1. The van der Waals surface area contributed by atoms with Crippen molar-refractivity contribution in [3.63, 3.8) is 0 Å². The van der Waals surface area contributed by atoms with E-state index < -0.39 is 4.92 Å². The number of aromatic nitrogens is 9. The number of anilines is 1. The van der Waals surface area contributed by atoms with Gasteiger partial charge in [0.15, 0.2) is 0 Å². The molecule has 0 fully saturated rings. The molecule has 92 heavy (non-hydrogen) atoms. The van der Waals surface area contributed by atoms with Crippen LogP contribution in [0.4, 0.5) is 11.5 Å². The monoisotopic (exact) mass is 1390 g/mol. The summed E-state index contributed by atoms with van der Waals surface area (Å²) in [5.74, 6) is 2.41. The quantitative estimate of drug-likeness (QED) is 0.0923. The van der Waals surface area contributed by atoms with E-state index in [2.05, 4.69) is 113 Å². The molecule has 0 aliphatic heterocycles. The lowest BCUT2D eigenvalue weighted by Crippen LogP contribution is -2.09. The van der Waals surface area contributed by atoms with Gasteiger partial charge in [-0.15, -0.1) is 0 Å². The lowest BCUT2D eigenvalue weighted by atomic mass is 10.1. The van der Waals surface area contributed by atoms with Crippen LogP contribution in [0.1, 0.15) is 87.1 Å². The Morgan fingerprint density at radius 3 is 1.57 bits per heavy atom. The van der Waals surface area contributed by atoms with Gasteiger partial charge in [0, 0.05) is 88.6 Å². The molecule has 0 spiro atoms. The highest BCUT2D eigenvalue weighted by atomic mass is 79.9. The Labute approximate surface area is 561 Å². The summed E-state index contributed by atoms with van der Waals surface area (Å²) < 4.78 is 12.2. The summed E-state index contributed by atoms with van der Waals surface area (Å²) in [7, 11) is 1.62. The number of nitro groups is 1. The summed E-state index contributed by atoms with van der Waals surface area (Å²) in [5.41, 5.74) is 12.2. The van der Waals surface area contributed by atoms with Gasteiger partial charge in [0.05, 0.1) is 47.0 Å². The second kappa shape index (κ2) is 40.9. The average molecular weight is 1390 g/mol. The van der Waals surface area contributed by atoms with E-state index in [9.17, 15) is 14.9 Å². The van der Waals surface area contributed by atoms with Crippen molar-refractivity contribution in [1.82, 2.24) is 44.9 Å². The Balaban J connectivity index is 0.000000273. The van der Waals surface area contributed by atoms with E-state index in [0.717, 1.165) is 70.8 Å². The van der Waals surface area contributed by atoms with Crippen molar-refractivity contribution in [1.29, 1.82) is 5.26 Å². The second-order valence-electron chi connectivity index (χ2n) is 19.8. The highest BCUT2D eigenvalue weighted by Gasteiger charge is 2.10. The highest BCUT2D eigenvalue weighted by molar-refractivity contribution is 9.10. The normalized spacial score (nSPS) is 9.62. The molecule has 2 N–H and O–H groups in total. The van der Waals surface area contributed by atoms with E-state index in [4.69, 9.17) is 31.4 Å². The van der Waals surface area contributed by atoms with Crippen LogP contribution >= 0.6 is 43.5 Å². The molecule has 478 valence electrons. The third-order valence-corrected chi connectivity index (χ3v) is 14.6. The molecule has 0 saturated heterocycles. The van der Waals surface area contributed by atoms with Gasteiger partial charge >= 0.3 is 0 Å². The van der Waals surface area contributed by atoms with Crippen molar-refractivity contribution in [3.8, 4) is 23.4 Å². The zero-order chi connectivity index (χ0) is 68.3. The van der Waals surface area contributed by atoms with E-state index in [1.54, 1.807) is 82.3 Å². The number of pyridine rings is 9. The predicted octanol–water partition coefficient (Wildman–Crippen LogP) is 17.8. The van der Waals surface area contributed by atoms with Gasteiger partial charge in [-0.25, -0.2) is 19.9 Å². The fourth-order valence-corrected chi connectivity index (χ4v) is 8.80. The molecule has 0 radical (unpaired) electrons. The first kappa shape index (κ1) is 76.6. The second-order valence-corrected chi connectivity index (χ2v) is 21.8. The first-order chi connectivity index (χ1) is 43.8. The van der Waals surface area contributed by atoms with Crippen LogP contribution in [-0.2, 0) is 4.79 Å². The summed E-state index contributed by atoms with van der Waals surface area (Å²) in [4.78, 5) is 57.2. The highest BCUT2D eigenvalue weighted by Crippen LogP contribution is 2.27. The molecule has 9 aromatic heterocycles. The Bertz CT molecular complexity index is 4100. The number of ether oxygens (including phenoxy) is 2. The minimum atomic E-state index is -0.442. The Morgan fingerprint density at radius 1 is 0.598 bits per heavy atom. The van der Waals surface area contributed by atoms with Gasteiger partial charge < -0.3 is 19.9 Å². The van der Waals surface area contributed by atoms with Gasteiger partial charge in [-0.3, -0.25) is 39.8 Å². The number of nitrogens with zero attached hydrogens (tertiary/aromatic N) is 11.